The zero-order valence-electron chi connectivity index (χ0n) is 32.2. The highest BCUT2D eigenvalue weighted by Gasteiger charge is 2.23. The summed E-state index contributed by atoms with van der Waals surface area (Å²) in [6.45, 7) is 8.44. The summed E-state index contributed by atoms with van der Waals surface area (Å²) < 4.78 is 4.76. The van der Waals surface area contributed by atoms with Gasteiger partial charge in [0.15, 0.2) is 11.5 Å². The van der Waals surface area contributed by atoms with Crippen molar-refractivity contribution in [3.05, 3.63) is 211 Å². The Morgan fingerprint density at radius 2 is 0.950 bits per heavy atom. The summed E-state index contributed by atoms with van der Waals surface area (Å²) in [5, 5.41) is 15.3. The second-order valence-electron chi connectivity index (χ2n) is 14.8. The number of rotatable bonds is 6. The SMILES string of the molecule is [C-]#[N+]c1cc(-c2nc(-c3ccccc3)nc(-c3ccccc3)c2C#N)ccc1-c1ccc2c3ccc4c5ccccc5n(-c5ccccc5)c4c3n(-c3ccccc3)c2c1. The number of hydrogen-bond acceptors (Lipinski definition) is 3. The van der Waals surface area contributed by atoms with Gasteiger partial charge in [0.2, 0.25) is 0 Å². The van der Waals surface area contributed by atoms with Crippen molar-refractivity contribution >= 4 is 49.3 Å². The number of hydrogen-bond donors (Lipinski definition) is 0. The molecular formula is C54H32N6. The van der Waals surface area contributed by atoms with Gasteiger partial charge in [0.05, 0.1) is 40.0 Å². The normalized spacial score (nSPS) is 11.3. The number of aromatic nitrogens is 4. The van der Waals surface area contributed by atoms with Gasteiger partial charge in [-0.3, -0.25) is 0 Å². The van der Waals surface area contributed by atoms with E-state index >= 15 is 0 Å². The molecule has 60 heavy (non-hydrogen) atoms. The molecule has 278 valence electrons. The fraction of sp³-hybridized carbons (Fsp3) is 0. The first-order chi connectivity index (χ1) is 29.7. The first-order valence-electron chi connectivity index (χ1n) is 19.8. The predicted molar refractivity (Wildman–Crippen MR) is 243 cm³/mol. The van der Waals surface area contributed by atoms with E-state index in [1.165, 1.54) is 10.8 Å². The van der Waals surface area contributed by atoms with Crippen LogP contribution < -0.4 is 0 Å². The molecule has 0 radical (unpaired) electrons. The third-order valence-electron chi connectivity index (χ3n) is 11.4. The van der Waals surface area contributed by atoms with Crippen molar-refractivity contribution in [2.75, 3.05) is 0 Å². The Labute approximate surface area is 346 Å². The van der Waals surface area contributed by atoms with E-state index in [0.29, 0.717) is 34.0 Å². The molecule has 11 rings (SSSR count). The van der Waals surface area contributed by atoms with Gasteiger partial charge >= 0.3 is 0 Å². The zero-order valence-corrected chi connectivity index (χ0v) is 32.2. The van der Waals surface area contributed by atoms with E-state index in [1.54, 1.807) is 0 Å². The van der Waals surface area contributed by atoms with Gasteiger partial charge in [0.1, 0.15) is 11.6 Å². The average Bonchev–Trinajstić information content (AvgIpc) is 3.84. The third-order valence-corrected chi connectivity index (χ3v) is 11.4. The summed E-state index contributed by atoms with van der Waals surface area (Å²) in [5.41, 5.74) is 12.5. The van der Waals surface area contributed by atoms with Crippen molar-refractivity contribution in [2.24, 2.45) is 0 Å². The van der Waals surface area contributed by atoms with Crippen molar-refractivity contribution in [3.63, 3.8) is 0 Å². The predicted octanol–water partition coefficient (Wildman–Crippen LogP) is 13.8. The molecule has 0 amide bonds. The van der Waals surface area contributed by atoms with Gasteiger partial charge in [-0.25, -0.2) is 14.8 Å². The molecule has 0 aliphatic carbocycles. The largest absolute Gasteiger partial charge is 0.307 e. The van der Waals surface area contributed by atoms with Crippen molar-refractivity contribution in [1.82, 2.24) is 19.1 Å². The summed E-state index contributed by atoms with van der Waals surface area (Å²) in [6.07, 6.45) is 0. The lowest BCUT2D eigenvalue weighted by Gasteiger charge is -2.14. The Hall–Kier alpha value is -8.58. The molecule has 0 atom stereocenters. The molecule has 8 aromatic carbocycles. The zero-order chi connectivity index (χ0) is 40.2. The summed E-state index contributed by atoms with van der Waals surface area (Å²) in [4.78, 5) is 14.0. The molecule has 0 unspecified atom stereocenters. The van der Waals surface area contributed by atoms with Gasteiger partial charge in [-0.2, -0.15) is 5.26 Å². The molecule has 0 aliphatic heterocycles. The van der Waals surface area contributed by atoms with Gasteiger partial charge in [-0.1, -0.05) is 152 Å². The lowest BCUT2D eigenvalue weighted by Crippen LogP contribution is -2.01. The van der Waals surface area contributed by atoms with E-state index in [4.69, 9.17) is 16.5 Å². The van der Waals surface area contributed by atoms with Crippen molar-refractivity contribution in [2.45, 2.75) is 0 Å². The van der Waals surface area contributed by atoms with Crippen LogP contribution in [0.25, 0.3) is 105 Å². The van der Waals surface area contributed by atoms with Crippen LogP contribution in [-0.4, -0.2) is 19.1 Å². The van der Waals surface area contributed by atoms with Crippen LogP contribution >= 0.6 is 0 Å². The van der Waals surface area contributed by atoms with Crippen LogP contribution in [0, 0.1) is 17.9 Å². The maximum Gasteiger partial charge on any atom is 0.195 e. The first-order valence-corrected chi connectivity index (χ1v) is 19.8. The lowest BCUT2D eigenvalue weighted by molar-refractivity contribution is 1.15. The Morgan fingerprint density at radius 3 is 1.57 bits per heavy atom. The topological polar surface area (TPSA) is 63.8 Å². The minimum absolute atomic E-state index is 0.359. The monoisotopic (exact) mass is 764 g/mol. The molecule has 0 fully saturated rings. The highest BCUT2D eigenvalue weighted by Crippen LogP contribution is 2.44. The molecule has 6 heteroatoms. The van der Waals surface area contributed by atoms with Crippen molar-refractivity contribution < 1.29 is 0 Å². The Morgan fingerprint density at radius 1 is 0.450 bits per heavy atom. The molecule has 0 saturated heterocycles. The maximum atomic E-state index is 10.6. The van der Waals surface area contributed by atoms with Gasteiger partial charge in [0, 0.05) is 44.0 Å². The molecule has 0 N–H and O–H groups in total. The summed E-state index contributed by atoms with van der Waals surface area (Å²) in [5.74, 6) is 0.511. The first kappa shape index (κ1) is 34.7. The van der Waals surface area contributed by atoms with Gasteiger partial charge in [-0.05, 0) is 59.2 Å². The Bertz CT molecular complexity index is 3540. The molecular weight excluding hydrogens is 733 g/mol. The van der Waals surface area contributed by atoms with E-state index in [1.807, 2.05) is 84.9 Å². The number of nitriles is 1. The van der Waals surface area contributed by atoms with Crippen LogP contribution in [-0.2, 0) is 0 Å². The minimum Gasteiger partial charge on any atom is -0.307 e. The van der Waals surface area contributed by atoms with Crippen LogP contribution in [0.1, 0.15) is 5.56 Å². The number of nitrogens with zero attached hydrogens (tertiary/aromatic N) is 6. The van der Waals surface area contributed by atoms with Crippen LogP contribution in [0.3, 0.4) is 0 Å². The van der Waals surface area contributed by atoms with Crippen molar-refractivity contribution in [3.8, 4) is 62.5 Å². The van der Waals surface area contributed by atoms with Gasteiger partial charge in [-0.15, -0.1) is 0 Å². The van der Waals surface area contributed by atoms with Gasteiger partial charge < -0.3 is 9.13 Å². The van der Waals surface area contributed by atoms with Gasteiger partial charge in [0.25, 0.3) is 0 Å². The highest BCUT2D eigenvalue weighted by atomic mass is 15.0. The molecule has 0 aliphatic rings. The fourth-order valence-electron chi connectivity index (χ4n) is 8.72. The van der Waals surface area contributed by atoms with Crippen molar-refractivity contribution in [1.29, 1.82) is 5.26 Å². The Balaban J connectivity index is 1.14. The van der Waals surface area contributed by atoms with Crippen LogP contribution in [0.2, 0.25) is 0 Å². The van der Waals surface area contributed by atoms with E-state index < -0.39 is 0 Å². The lowest BCUT2D eigenvalue weighted by atomic mass is 9.96. The Kier molecular flexibility index (Phi) is 8.15. The number of fused-ring (bicyclic) bond motifs is 7. The van der Waals surface area contributed by atoms with Crippen LogP contribution in [0.5, 0.6) is 0 Å². The van der Waals surface area contributed by atoms with E-state index in [0.717, 1.165) is 66.5 Å². The molecule has 6 nitrogen and oxygen atoms in total. The molecule has 11 aromatic rings. The quantitative estimate of drug-likeness (QED) is 0.158. The maximum absolute atomic E-state index is 10.6. The number of benzene rings is 8. The van der Waals surface area contributed by atoms with Crippen LogP contribution in [0.15, 0.2) is 194 Å². The molecule has 0 saturated carbocycles. The molecule has 3 aromatic heterocycles. The second kappa shape index (κ2) is 14.1. The summed E-state index contributed by atoms with van der Waals surface area (Å²) >= 11 is 0. The molecule has 0 bridgehead atoms. The average molecular weight is 765 g/mol. The minimum atomic E-state index is 0.359. The van der Waals surface area contributed by atoms with Crippen LogP contribution in [0.4, 0.5) is 5.69 Å². The van der Waals surface area contributed by atoms with E-state index in [-0.39, 0.29) is 0 Å². The molecule has 3 heterocycles. The third kappa shape index (κ3) is 5.48. The highest BCUT2D eigenvalue weighted by molar-refractivity contribution is 6.24. The smallest absolute Gasteiger partial charge is 0.195 e. The number of para-hydroxylation sites is 3. The summed E-state index contributed by atoms with van der Waals surface area (Å²) in [6, 6.07) is 68.4. The van der Waals surface area contributed by atoms with E-state index in [9.17, 15) is 5.26 Å². The standard InChI is InChI=1S/C54H32N6/c1-56-47-32-38(51-46(34-55)50(35-16-6-2-7-17-35)57-54(58-51)36-18-8-3-9-19-36)27-28-41(47)37-26-29-43-45-31-30-44-42-24-14-15-25-48(42)59(39-20-10-4-11-21-39)52(44)53(45)60(49(43)33-37)40-22-12-5-13-23-40/h2-33H. The summed E-state index contributed by atoms with van der Waals surface area (Å²) in [7, 11) is 0. The second-order valence-corrected chi connectivity index (χ2v) is 14.8. The van der Waals surface area contributed by atoms with E-state index in [2.05, 4.69) is 129 Å². The fourth-order valence-corrected chi connectivity index (χ4v) is 8.72. The molecule has 0 spiro atoms.